The van der Waals surface area contributed by atoms with Crippen molar-refractivity contribution in [3.05, 3.63) is 53.1 Å². The highest BCUT2D eigenvalue weighted by atomic mass is 16.5. The van der Waals surface area contributed by atoms with Crippen LogP contribution in [-0.4, -0.2) is 51.4 Å². The van der Waals surface area contributed by atoms with E-state index in [-0.39, 0.29) is 31.1 Å². The van der Waals surface area contributed by atoms with Crippen LogP contribution in [-0.2, 0) is 16.0 Å². The van der Waals surface area contributed by atoms with E-state index in [9.17, 15) is 9.59 Å². The Balaban J connectivity index is 1.46. The summed E-state index contributed by atoms with van der Waals surface area (Å²) >= 11 is 0. The second kappa shape index (κ2) is 8.03. The molecule has 2 aromatic rings. The number of fused-ring (bicyclic) bond motifs is 6. The zero-order chi connectivity index (χ0) is 23.3. The van der Waals surface area contributed by atoms with Crippen molar-refractivity contribution in [1.82, 2.24) is 0 Å². The van der Waals surface area contributed by atoms with Gasteiger partial charge in [-0.25, -0.2) is 0 Å². The normalized spacial score (nSPS) is 21.8. The summed E-state index contributed by atoms with van der Waals surface area (Å²) in [5.74, 6) is 1.87. The molecule has 0 radical (unpaired) electrons. The fourth-order valence-electron chi connectivity index (χ4n) is 4.58. The van der Waals surface area contributed by atoms with E-state index in [1.165, 1.54) is 6.92 Å². The Kier molecular flexibility index (Phi) is 5.15. The SMILES string of the molecule is C=C(COC(C)=O)[C@H]1Cc2c(ccc3c2O[C@@H]2COc4cc(OC)c(OC)cc4[C@@H]2C3=O)O1. The molecule has 0 N–H and O–H groups in total. The molecule has 8 heteroatoms. The Hall–Kier alpha value is -3.68. The number of esters is 1. The Morgan fingerprint density at radius 2 is 1.88 bits per heavy atom. The van der Waals surface area contributed by atoms with E-state index >= 15 is 0 Å². The summed E-state index contributed by atoms with van der Waals surface area (Å²) in [6.07, 6.45) is -0.362. The van der Waals surface area contributed by atoms with Gasteiger partial charge in [0.05, 0.1) is 25.7 Å². The zero-order valence-electron chi connectivity index (χ0n) is 18.6. The quantitative estimate of drug-likeness (QED) is 0.505. The van der Waals surface area contributed by atoms with E-state index in [0.29, 0.717) is 51.9 Å². The molecule has 0 saturated heterocycles. The Bertz CT molecular complexity index is 1170. The summed E-state index contributed by atoms with van der Waals surface area (Å²) in [6, 6.07) is 7.04. The van der Waals surface area contributed by atoms with Gasteiger partial charge in [0.2, 0.25) is 0 Å². The highest BCUT2D eigenvalue weighted by Crippen LogP contribution is 2.49. The molecule has 0 aliphatic carbocycles. The van der Waals surface area contributed by atoms with Crippen molar-refractivity contribution in [3.63, 3.8) is 0 Å². The third kappa shape index (κ3) is 3.46. The van der Waals surface area contributed by atoms with Crippen LogP contribution in [0.25, 0.3) is 0 Å². The molecule has 5 rings (SSSR count). The van der Waals surface area contributed by atoms with Gasteiger partial charge in [0.15, 0.2) is 17.3 Å². The number of rotatable bonds is 5. The molecule has 33 heavy (non-hydrogen) atoms. The van der Waals surface area contributed by atoms with Gasteiger partial charge in [-0.05, 0) is 18.2 Å². The van der Waals surface area contributed by atoms with Crippen molar-refractivity contribution in [2.45, 2.75) is 31.5 Å². The number of ketones is 1. The van der Waals surface area contributed by atoms with E-state index in [0.717, 1.165) is 5.56 Å². The lowest BCUT2D eigenvalue weighted by Gasteiger charge is -2.37. The molecule has 0 saturated carbocycles. The van der Waals surface area contributed by atoms with Crippen LogP contribution in [0.3, 0.4) is 0 Å². The van der Waals surface area contributed by atoms with Gasteiger partial charge in [-0.1, -0.05) is 6.58 Å². The lowest BCUT2D eigenvalue weighted by molar-refractivity contribution is -0.140. The van der Waals surface area contributed by atoms with Crippen molar-refractivity contribution in [2.24, 2.45) is 0 Å². The number of carbonyl (C=O) groups is 2. The first-order chi connectivity index (χ1) is 15.9. The second-order valence-corrected chi connectivity index (χ2v) is 8.22. The number of Topliss-reactive ketones (excluding diaryl/α,β-unsaturated/α-hetero) is 1. The van der Waals surface area contributed by atoms with Gasteiger partial charge in [-0.3, -0.25) is 9.59 Å². The van der Waals surface area contributed by atoms with Crippen molar-refractivity contribution in [1.29, 1.82) is 0 Å². The minimum Gasteiger partial charge on any atom is -0.493 e. The molecule has 3 aliphatic heterocycles. The van der Waals surface area contributed by atoms with Crippen LogP contribution >= 0.6 is 0 Å². The number of methoxy groups -OCH3 is 2. The van der Waals surface area contributed by atoms with E-state index in [4.69, 9.17) is 28.4 Å². The number of hydrogen-bond acceptors (Lipinski definition) is 8. The maximum atomic E-state index is 13.6. The summed E-state index contributed by atoms with van der Waals surface area (Å²) < 4.78 is 34.1. The second-order valence-electron chi connectivity index (χ2n) is 8.22. The first-order valence-corrected chi connectivity index (χ1v) is 10.6. The van der Waals surface area contributed by atoms with Gasteiger partial charge in [-0.2, -0.15) is 0 Å². The Morgan fingerprint density at radius 1 is 1.12 bits per heavy atom. The molecule has 0 fully saturated rings. The minimum atomic E-state index is -0.517. The van der Waals surface area contributed by atoms with Gasteiger partial charge in [-0.15, -0.1) is 0 Å². The monoisotopic (exact) mass is 452 g/mol. The molecule has 3 atom stereocenters. The predicted octanol–water partition coefficient (Wildman–Crippen LogP) is 3.25. The van der Waals surface area contributed by atoms with Crippen LogP contribution in [0.4, 0.5) is 0 Å². The topological polar surface area (TPSA) is 89.5 Å². The zero-order valence-corrected chi connectivity index (χ0v) is 18.6. The molecule has 8 nitrogen and oxygen atoms in total. The van der Waals surface area contributed by atoms with Crippen molar-refractivity contribution in [2.75, 3.05) is 27.4 Å². The van der Waals surface area contributed by atoms with Gasteiger partial charge >= 0.3 is 5.97 Å². The summed E-state index contributed by atoms with van der Waals surface area (Å²) in [6.45, 7) is 5.64. The smallest absolute Gasteiger partial charge is 0.302 e. The van der Waals surface area contributed by atoms with E-state index < -0.39 is 12.0 Å². The van der Waals surface area contributed by atoms with E-state index in [1.807, 2.05) is 0 Å². The van der Waals surface area contributed by atoms with Gasteiger partial charge < -0.3 is 28.4 Å². The third-order valence-electron chi connectivity index (χ3n) is 6.24. The number of hydrogen-bond donors (Lipinski definition) is 0. The van der Waals surface area contributed by atoms with Crippen molar-refractivity contribution < 1.29 is 38.0 Å². The van der Waals surface area contributed by atoms with Crippen molar-refractivity contribution in [3.8, 4) is 28.7 Å². The van der Waals surface area contributed by atoms with E-state index in [1.54, 1.807) is 38.5 Å². The minimum absolute atomic E-state index is 0.0389. The molecule has 0 amide bonds. The van der Waals surface area contributed by atoms with Crippen LogP contribution in [0, 0.1) is 0 Å². The molecule has 172 valence electrons. The molecule has 0 unspecified atom stereocenters. The lowest BCUT2D eigenvalue weighted by atomic mass is 9.81. The number of ether oxygens (including phenoxy) is 6. The molecule has 2 aromatic carbocycles. The molecular weight excluding hydrogens is 428 g/mol. The van der Waals surface area contributed by atoms with Crippen LogP contribution in [0.1, 0.15) is 34.3 Å². The van der Waals surface area contributed by atoms with Crippen LogP contribution in [0.2, 0.25) is 0 Å². The fraction of sp³-hybridized carbons (Fsp3) is 0.360. The summed E-state index contributed by atoms with van der Waals surface area (Å²) in [5, 5.41) is 0. The summed E-state index contributed by atoms with van der Waals surface area (Å²) in [4.78, 5) is 24.8. The van der Waals surface area contributed by atoms with Crippen LogP contribution in [0.5, 0.6) is 28.7 Å². The van der Waals surface area contributed by atoms with Gasteiger partial charge in [0, 0.05) is 36.1 Å². The molecule has 0 spiro atoms. The van der Waals surface area contributed by atoms with E-state index in [2.05, 4.69) is 6.58 Å². The predicted molar refractivity (Wildman–Crippen MR) is 117 cm³/mol. The van der Waals surface area contributed by atoms with Gasteiger partial charge in [0.1, 0.15) is 42.7 Å². The Labute approximate surface area is 191 Å². The maximum absolute atomic E-state index is 13.6. The molecule has 3 aliphatic rings. The highest BCUT2D eigenvalue weighted by Gasteiger charge is 2.45. The first-order valence-electron chi connectivity index (χ1n) is 10.6. The fourth-order valence-corrected chi connectivity index (χ4v) is 4.58. The first kappa shape index (κ1) is 21.2. The van der Waals surface area contributed by atoms with Crippen molar-refractivity contribution >= 4 is 11.8 Å². The molecule has 0 bridgehead atoms. The number of carbonyl (C=O) groups excluding carboxylic acids is 2. The largest absolute Gasteiger partial charge is 0.493 e. The average molecular weight is 452 g/mol. The molecule has 0 aromatic heterocycles. The Morgan fingerprint density at radius 3 is 2.61 bits per heavy atom. The van der Waals surface area contributed by atoms with Gasteiger partial charge in [0.25, 0.3) is 0 Å². The van der Waals surface area contributed by atoms with Crippen LogP contribution in [0.15, 0.2) is 36.4 Å². The summed E-state index contributed by atoms with van der Waals surface area (Å²) in [7, 11) is 3.10. The number of benzene rings is 2. The molecular formula is C25H24O8. The lowest BCUT2D eigenvalue weighted by Crippen LogP contribution is -2.43. The standard InChI is InChI=1S/C25H24O8/c1-12(10-30-13(2)26)18-8-16-17(32-18)6-5-14-24(27)23-15-7-20(28-3)21(29-4)9-19(15)31-11-22(23)33-25(14)16/h5-7,9,18,22-23H,1,8,10-11H2,2-4H3/t18-,22-,23+/m1/s1. The average Bonchev–Trinajstić information content (AvgIpc) is 3.26. The third-order valence-corrected chi connectivity index (χ3v) is 6.24. The molecule has 3 heterocycles. The summed E-state index contributed by atoms with van der Waals surface area (Å²) in [5.41, 5.74) is 2.67. The van der Waals surface area contributed by atoms with Crippen LogP contribution < -0.4 is 23.7 Å². The maximum Gasteiger partial charge on any atom is 0.302 e. The highest BCUT2D eigenvalue weighted by molar-refractivity contribution is 6.06.